The SMILES string of the molecule is CC(=O)/C=C(/c1ccccc1)C(C)(C)O. The van der Waals surface area contributed by atoms with Gasteiger partial charge in [0.1, 0.15) is 0 Å². The lowest BCUT2D eigenvalue weighted by atomic mass is 9.90. The number of allylic oxidation sites excluding steroid dienone is 1. The molecule has 0 aliphatic carbocycles. The van der Waals surface area contributed by atoms with Gasteiger partial charge in [-0.25, -0.2) is 0 Å². The normalized spacial score (nSPS) is 12.7. The van der Waals surface area contributed by atoms with Crippen LogP contribution in [0.1, 0.15) is 26.3 Å². The first-order valence-corrected chi connectivity index (χ1v) is 4.92. The predicted octanol–water partition coefficient (Wildman–Crippen LogP) is 2.43. The van der Waals surface area contributed by atoms with Crippen molar-refractivity contribution < 1.29 is 9.90 Å². The first-order chi connectivity index (χ1) is 6.91. The third kappa shape index (κ3) is 3.33. The van der Waals surface area contributed by atoms with Gasteiger partial charge in [0.15, 0.2) is 5.78 Å². The maximum Gasteiger partial charge on any atom is 0.153 e. The van der Waals surface area contributed by atoms with E-state index in [-0.39, 0.29) is 5.78 Å². The van der Waals surface area contributed by atoms with Crippen molar-refractivity contribution in [1.82, 2.24) is 0 Å². The summed E-state index contributed by atoms with van der Waals surface area (Å²) in [5, 5.41) is 9.96. The van der Waals surface area contributed by atoms with Crippen LogP contribution in [0.25, 0.3) is 5.57 Å². The van der Waals surface area contributed by atoms with Gasteiger partial charge in [-0.05, 0) is 38.0 Å². The zero-order chi connectivity index (χ0) is 11.5. The predicted molar refractivity (Wildman–Crippen MR) is 61.4 cm³/mol. The van der Waals surface area contributed by atoms with Crippen molar-refractivity contribution in [1.29, 1.82) is 0 Å². The van der Waals surface area contributed by atoms with Gasteiger partial charge in [-0.1, -0.05) is 30.3 Å². The lowest BCUT2D eigenvalue weighted by molar-refractivity contribution is -0.112. The van der Waals surface area contributed by atoms with E-state index in [2.05, 4.69) is 0 Å². The topological polar surface area (TPSA) is 37.3 Å². The molecule has 0 unspecified atom stereocenters. The molecule has 1 aromatic rings. The molecule has 0 aliphatic rings. The molecule has 0 bridgehead atoms. The van der Waals surface area contributed by atoms with Crippen LogP contribution in [0.2, 0.25) is 0 Å². The van der Waals surface area contributed by atoms with E-state index in [4.69, 9.17) is 0 Å². The van der Waals surface area contributed by atoms with Gasteiger partial charge >= 0.3 is 0 Å². The Kier molecular flexibility index (Phi) is 3.43. The molecule has 0 aliphatic heterocycles. The molecule has 0 aromatic heterocycles. The van der Waals surface area contributed by atoms with Crippen LogP contribution in [0.15, 0.2) is 36.4 Å². The van der Waals surface area contributed by atoms with Crippen LogP contribution in [0.3, 0.4) is 0 Å². The number of hydrogen-bond acceptors (Lipinski definition) is 2. The Balaban J connectivity index is 3.20. The second-order valence-electron chi connectivity index (χ2n) is 4.09. The Hall–Kier alpha value is -1.41. The highest BCUT2D eigenvalue weighted by molar-refractivity contribution is 5.96. The van der Waals surface area contributed by atoms with Crippen LogP contribution in [0, 0.1) is 0 Å². The zero-order valence-electron chi connectivity index (χ0n) is 9.32. The van der Waals surface area contributed by atoms with Gasteiger partial charge in [0.2, 0.25) is 0 Å². The lowest BCUT2D eigenvalue weighted by Crippen LogP contribution is -2.21. The minimum absolute atomic E-state index is 0.0593. The number of carbonyl (C=O) groups is 1. The van der Waals surface area contributed by atoms with E-state index in [1.807, 2.05) is 30.3 Å². The summed E-state index contributed by atoms with van der Waals surface area (Å²) in [6, 6.07) is 9.43. The van der Waals surface area contributed by atoms with E-state index < -0.39 is 5.60 Å². The monoisotopic (exact) mass is 204 g/mol. The highest BCUT2D eigenvalue weighted by Gasteiger charge is 2.21. The fourth-order valence-electron chi connectivity index (χ4n) is 1.43. The molecule has 0 heterocycles. The van der Waals surface area contributed by atoms with Gasteiger partial charge in [0.25, 0.3) is 0 Å². The summed E-state index contributed by atoms with van der Waals surface area (Å²) in [5.74, 6) is -0.0593. The van der Waals surface area contributed by atoms with E-state index in [1.54, 1.807) is 13.8 Å². The number of aliphatic hydroxyl groups is 1. The fraction of sp³-hybridized carbons (Fsp3) is 0.308. The summed E-state index contributed by atoms with van der Waals surface area (Å²) in [4.78, 5) is 11.1. The second kappa shape index (κ2) is 4.41. The largest absolute Gasteiger partial charge is 0.386 e. The maximum absolute atomic E-state index is 11.1. The van der Waals surface area contributed by atoms with Gasteiger partial charge in [-0.2, -0.15) is 0 Å². The molecule has 0 spiro atoms. The molecule has 80 valence electrons. The van der Waals surface area contributed by atoms with E-state index in [9.17, 15) is 9.90 Å². The molecular formula is C13H16O2. The highest BCUT2D eigenvalue weighted by atomic mass is 16.3. The number of ketones is 1. The zero-order valence-corrected chi connectivity index (χ0v) is 9.32. The van der Waals surface area contributed by atoms with Gasteiger partial charge in [0.05, 0.1) is 5.60 Å². The molecular weight excluding hydrogens is 188 g/mol. The van der Waals surface area contributed by atoms with Crippen LogP contribution >= 0.6 is 0 Å². The Morgan fingerprint density at radius 1 is 1.27 bits per heavy atom. The average Bonchev–Trinajstić information content (AvgIpc) is 2.14. The van der Waals surface area contributed by atoms with Crippen molar-refractivity contribution in [3.63, 3.8) is 0 Å². The molecule has 0 fully saturated rings. The molecule has 1 N–H and O–H groups in total. The Morgan fingerprint density at radius 3 is 2.20 bits per heavy atom. The lowest BCUT2D eigenvalue weighted by Gasteiger charge is -2.21. The fourth-order valence-corrected chi connectivity index (χ4v) is 1.43. The molecule has 0 amide bonds. The standard InChI is InChI=1S/C13H16O2/c1-10(14)9-12(13(2,3)15)11-7-5-4-6-8-11/h4-9,15H,1-3H3/b12-9-. The first-order valence-electron chi connectivity index (χ1n) is 4.92. The van der Waals surface area contributed by atoms with Crippen LogP contribution in [-0.2, 0) is 4.79 Å². The minimum atomic E-state index is -1.01. The van der Waals surface area contributed by atoms with Crippen LogP contribution in [0.5, 0.6) is 0 Å². The molecule has 1 rings (SSSR count). The summed E-state index contributed by atoms with van der Waals surface area (Å²) < 4.78 is 0. The maximum atomic E-state index is 11.1. The summed E-state index contributed by atoms with van der Waals surface area (Å²) in [6.45, 7) is 4.83. The molecule has 0 saturated carbocycles. The van der Waals surface area contributed by atoms with E-state index in [0.717, 1.165) is 5.56 Å². The van der Waals surface area contributed by atoms with Crippen molar-refractivity contribution >= 4 is 11.4 Å². The second-order valence-corrected chi connectivity index (χ2v) is 4.09. The van der Waals surface area contributed by atoms with E-state index in [1.165, 1.54) is 13.0 Å². The molecule has 15 heavy (non-hydrogen) atoms. The van der Waals surface area contributed by atoms with Crippen LogP contribution in [-0.4, -0.2) is 16.5 Å². The molecule has 0 radical (unpaired) electrons. The van der Waals surface area contributed by atoms with E-state index >= 15 is 0 Å². The quantitative estimate of drug-likeness (QED) is 0.768. The van der Waals surface area contributed by atoms with Crippen molar-refractivity contribution in [3.8, 4) is 0 Å². The van der Waals surface area contributed by atoms with Crippen molar-refractivity contribution in [2.45, 2.75) is 26.4 Å². The Labute approximate surface area is 90.3 Å². The van der Waals surface area contributed by atoms with Gasteiger partial charge < -0.3 is 5.11 Å². The third-order valence-corrected chi connectivity index (χ3v) is 2.09. The molecule has 2 nitrogen and oxygen atoms in total. The van der Waals surface area contributed by atoms with Crippen LogP contribution < -0.4 is 0 Å². The Morgan fingerprint density at radius 2 is 1.80 bits per heavy atom. The minimum Gasteiger partial charge on any atom is -0.386 e. The van der Waals surface area contributed by atoms with Crippen molar-refractivity contribution in [3.05, 3.63) is 42.0 Å². The smallest absolute Gasteiger partial charge is 0.153 e. The first kappa shape index (κ1) is 11.7. The van der Waals surface area contributed by atoms with E-state index in [0.29, 0.717) is 5.57 Å². The molecule has 2 heteroatoms. The number of benzene rings is 1. The molecule has 0 atom stereocenters. The van der Waals surface area contributed by atoms with Crippen molar-refractivity contribution in [2.75, 3.05) is 0 Å². The summed E-state index contributed by atoms with van der Waals surface area (Å²) in [6.07, 6.45) is 1.48. The van der Waals surface area contributed by atoms with Crippen molar-refractivity contribution in [2.24, 2.45) is 0 Å². The molecule has 0 saturated heterocycles. The Bertz CT molecular complexity index is 369. The third-order valence-electron chi connectivity index (χ3n) is 2.09. The van der Waals surface area contributed by atoms with Crippen LogP contribution in [0.4, 0.5) is 0 Å². The number of hydrogen-bond donors (Lipinski definition) is 1. The van der Waals surface area contributed by atoms with Gasteiger partial charge in [0, 0.05) is 0 Å². The van der Waals surface area contributed by atoms with Gasteiger partial charge in [-0.15, -0.1) is 0 Å². The highest BCUT2D eigenvalue weighted by Crippen LogP contribution is 2.26. The number of rotatable bonds is 3. The average molecular weight is 204 g/mol. The number of carbonyl (C=O) groups excluding carboxylic acids is 1. The summed E-state index contributed by atoms with van der Waals surface area (Å²) >= 11 is 0. The summed E-state index contributed by atoms with van der Waals surface area (Å²) in [5.41, 5.74) is 0.517. The molecule has 1 aromatic carbocycles. The summed E-state index contributed by atoms with van der Waals surface area (Å²) in [7, 11) is 0. The van der Waals surface area contributed by atoms with Gasteiger partial charge in [-0.3, -0.25) is 4.79 Å².